The third-order valence-electron chi connectivity index (χ3n) is 12.1. The molecule has 6 nitrogen and oxygen atoms in total. The minimum atomic E-state index is -0.794. The van der Waals surface area contributed by atoms with Crippen LogP contribution in [0.4, 0.5) is 0 Å². The lowest BCUT2D eigenvalue weighted by molar-refractivity contribution is -0.151. The summed E-state index contributed by atoms with van der Waals surface area (Å²) < 4.78 is 5.94. The lowest BCUT2D eigenvalue weighted by atomic mass is 10.0. The number of hydrogen-bond acceptors (Lipinski definition) is 5. The average molecular weight is 870 g/mol. The van der Waals surface area contributed by atoms with Gasteiger partial charge in [0, 0.05) is 6.42 Å². The molecular weight excluding hydrogens is 767 g/mol. The van der Waals surface area contributed by atoms with Gasteiger partial charge in [-0.1, -0.05) is 217 Å². The summed E-state index contributed by atoms with van der Waals surface area (Å²) >= 11 is 0. The minimum absolute atomic E-state index is 0.0619. The smallest absolute Gasteiger partial charge is 0.306 e. The number of esters is 1. The Balaban J connectivity index is 4.63. The van der Waals surface area contributed by atoms with Crippen molar-refractivity contribution in [1.82, 2.24) is 5.32 Å². The van der Waals surface area contributed by atoms with E-state index in [0.29, 0.717) is 19.3 Å². The SMILES string of the molecule is CCCCC/C=C\C/C=C\C/C=C\CCCCCCC(CC(=O)NC(CO)C(O)CCCCCCCCCCCCC)OC(=O)CCCCCCCCC/C=C\CCCCCC. The fourth-order valence-electron chi connectivity index (χ4n) is 8.02. The molecule has 0 aliphatic rings. The van der Waals surface area contributed by atoms with Crippen LogP contribution in [-0.2, 0) is 14.3 Å². The molecule has 0 bridgehead atoms. The highest BCUT2D eigenvalue weighted by Crippen LogP contribution is 2.18. The van der Waals surface area contributed by atoms with Gasteiger partial charge in [0.25, 0.3) is 0 Å². The number of aliphatic hydroxyl groups is 2. The second-order valence-electron chi connectivity index (χ2n) is 18.3. The average Bonchev–Trinajstić information content (AvgIpc) is 3.26. The maximum atomic E-state index is 13.2. The van der Waals surface area contributed by atoms with Gasteiger partial charge in [-0.15, -0.1) is 0 Å². The van der Waals surface area contributed by atoms with Crippen molar-refractivity contribution < 1.29 is 24.5 Å². The van der Waals surface area contributed by atoms with Gasteiger partial charge in [0.15, 0.2) is 0 Å². The van der Waals surface area contributed by atoms with Crippen molar-refractivity contribution in [3.8, 4) is 0 Å². The highest BCUT2D eigenvalue weighted by molar-refractivity contribution is 5.77. The van der Waals surface area contributed by atoms with Crippen LogP contribution in [0.2, 0.25) is 0 Å². The summed E-state index contributed by atoms with van der Waals surface area (Å²) in [6.45, 7) is 6.44. The van der Waals surface area contributed by atoms with Crippen LogP contribution in [0.1, 0.15) is 271 Å². The van der Waals surface area contributed by atoms with Crippen molar-refractivity contribution in [2.24, 2.45) is 0 Å². The van der Waals surface area contributed by atoms with Crippen molar-refractivity contribution in [1.29, 1.82) is 0 Å². The Morgan fingerprint density at radius 1 is 0.468 bits per heavy atom. The van der Waals surface area contributed by atoms with E-state index in [0.717, 1.165) is 83.5 Å². The summed E-state index contributed by atoms with van der Waals surface area (Å²) in [4.78, 5) is 26.2. The molecule has 3 N–H and O–H groups in total. The first-order chi connectivity index (χ1) is 30.5. The van der Waals surface area contributed by atoms with Gasteiger partial charge < -0.3 is 20.3 Å². The standard InChI is InChI=1S/C56H103NO5/c1-4-7-10-13-16-19-22-24-26-27-29-30-33-35-38-41-44-47-52(62-56(61)49-46-43-40-37-34-31-28-25-23-20-17-14-11-8-5-2)50-55(60)57-53(51-58)54(59)48-45-42-39-36-32-21-18-15-12-9-6-3/h16,19-20,23-24,26,29-30,52-54,58-59H,4-15,17-18,21-22,25,27-28,31-51H2,1-3H3,(H,57,60)/b19-16-,23-20-,26-24-,30-29-. The molecule has 0 rings (SSSR count). The summed E-state index contributed by atoms with van der Waals surface area (Å²) in [5.74, 6) is -0.494. The molecule has 3 unspecified atom stereocenters. The van der Waals surface area contributed by atoms with Crippen LogP contribution in [0.15, 0.2) is 48.6 Å². The maximum Gasteiger partial charge on any atom is 0.306 e. The lowest BCUT2D eigenvalue weighted by Crippen LogP contribution is -2.46. The van der Waals surface area contributed by atoms with E-state index in [1.54, 1.807) is 0 Å². The Morgan fingerprint density at radius 3 is 1.31 bits per heavy atom. The Kier molecular flexibility index (Phi) is 48.1. The van der Waals surface area contributed by atoms with Gasteiger partial charge in [0.2, 0.25) is 5.91 Å². The molecule has 0 spiro atoms. The number of allylic oxidation sites excluding steroid dienone is 8. The molecule has 0 saturated heterocycles. The second kappa shape index (κ2) is 49.8. The summed E-state index contributed by atoms with van der Waals surface area (Å²) in [6, 6.07) is -0.709. The van der Waals surface area contributed by atoms with E-state index in [1.807, 2.05) is 0 Å². The van der Waals surface area contributed by atoms with E-state index in [4.69, 9.17) is 4.74 Å². The first-order valence-corrected chi connectivity index (χ1v) is 26.9. The Morgan fingerprint density at radius 2 is 0.823 bits per heavy atom. The van der Waals surface area contributed by atoms with Crippen molar-refractivity contribution in [2.45, 2.75) is 289 Å². The van der Waals surface area contributed by atoms with Crippen molar-refractivity contribution in [3.63, 3.8) is 0 Å². The molecule has 0 aromatic rings. The van der Waals surface area contributed by atoms with Crippen LogP contribution in [-0.4, -0.2) is 46.9 Å². The fourth-order valence-corrected chi connectivity index (χ4v) is 8.02. The third-order valence-corrected chi connectivity index (χ3v) is 12.1. The van der Waals surface area contributed by atoms with Crippen LogP contribution in [0.5, 0.6) is 0 Å². The largest absolute Gasteiger partial charge is 0.462 e. The summed E-state index contributed by atoms with van der Waals surface area (Å²) in [7, 11) is 0. The van der Waals surface area contributed by atoms with Crippen LogP contribution in [0.25, 0.3) is 0 Å². The van der Waals surface area contributed by atoms with Gasteiger partial charge in [-0.25, -0.2) is 0 Å². The molecule has 0 saturated carbocycles. The van der Waals surface area contributed by atoms with Crippen LogP contribution < -0.4 is 5.32 Å². The first kappa shape index (κ1) is 59.8. The highest BCUT2D eigenvalue weighted by Gasteiger charge is 2.24. The van der Waals surface area contributed by atoms with Gasteiger partial charge in [0.05, 0.1) is 25.2 Å². The molecule has 0 heterocycles. The monoisotopic (exact) mass is 870 g/mol. The number of carbonyl (C=O) groups excluding carboxylic acids is 2. The first-order valence-electron chi connectivity index (χ1n) is 26.9. The Bertz CT molecular complexity index is 1070. The summed E-state index contributed by atoms with van der Waals surface area (Å²) in [6.07, 6.45) is 60.2. The Labute approximate surface area is 385 Å². The normalized spacial score (nSPS) is 13.6. The van der Waals surface area contributed by atoms with E-state index in [1.165, 1.54) is 141 Å². The molecule has 0 aliphatic carbocycles. The van der Waals surface area contributed by atoms with Crippen molar-refractivity contribution >= 4 is 11.9 Å². The minimum Gasteiger partial charge on any atom is -0.462 e. The zero-order valence-corrected chi connectivity index (χ0v) is 41.3. The topological polar surface area (TPSA) is 95.9 Å². The highest BCUT2D eigenvalue weighted by atomic mass is 16.5. The number of carbonyl (C=O) groups is 2. The van der Waals surface area contributed by atoms with Crippen molar-refractivity contribution in [3.05, 3.63) is 48.6 Å². The van der Waals surface area contributed by atoms with E-state index in [2.05, 4.69) is 74.7 Å². The number of unbranched alkanes of at least 4 members (excludes halogenated alkanes) is 28. The molecule has 0 fully saturated rings. The van der Waals surface area contributed by atoms with E-state index in [-0.39, 0.29) is 24.9 Å². The zero-order valence-electron chi connectivity index (χ0n) is 41.3. The van der Waals surface area contributed by atoms with Gasteiger partial charge in [-0.3, -0.25) is 9.59 Å². The van der Waals surface area contributed by atoms with Crippen molar-refractivity contribution in [2.75, 3.05) is 6.61 Å². The molecule has 362 valence electrons. The van der Waals surface area contributed by atoms with Crippen LogP contribution in [0.3, 0.4) is 0 Å². The predicted molar refractivity (Wildman–Crippen MR) is 269 cm³/mol. The zero-order chi connectivity index (χ0) is 45.2. The summed E-state index contributed by atoms with van der Waals surface area (Å²) in [5.41, 5.74) is 0. The molecule has 0 aliphatic heterocycles. The Hall–Kier alpha value is -2.18. The number of rotatable bonds is 48. The van der Waals surface area contributed by atoms with Gasteiger partial charge in [-0.2, -0.15) is 0 Å². The van der Waals surface area contributed by atoms with Crippen LogP contribution >= 0.6 is 0 Å². The van der Waals surface area contributed by atoms with Gasteiger partial charge >= 0.3 is 5.97 Å². The van der Waals surface area contributed by atoms with E-state index >= 15 is 0 Å². The fraction of sp³-hybridized carbons (Fsp3) is 0.821. The molecule has 1 amide bonds. The molecule has 0 aromatic carbocycles. The predicted octanol–water partition coefficient (Wildman–Crippen LogP) is 16.2. The molecule has 3 atom stereocenters. The van der Waals surface area contributed by atoms with Crippen LogP contribution in [0, 0.1) is 0 Å². The number of nitrogens with one attached hydrogen (secondary N) is 1. The summed E-state index contributed by atoms with van der Waals surface area (Å²) in [5, 5.41) is 23.8. The molecule has 6 heteroatoms. The second-order valence-corrected chi connectivity index (χ2v) is 18.3. The maximum absolute atomic E-state index is 13.2. The molecule has 0 aromatic heterocycles. The molecule has 62 heavy (non-hydrogen) atoms. The number of hydrogen-bond donors (Lipinski definition) is 3. The number of aliphatic hydroxyl groups excluding tert-OH is 2. The number of ether oxygens (including phenoxy) is 1. The van der Waals surface area contributed by atoms with E-state index < -0.39 is 18.2 Å². The molecular formula is C56H103NO5. The molecule has 0 radical (unpaired) electrons. The van der Waals surface area contributed by atoms with Gasteiger partial charge in [-0.05, 0) is 89.9 Å². The number of amides is 1. The van der Waals surface area contributed by atoms with E-state index in [9.17, 15) is 19.8 Å². The lowest BCUT2D eigenvalue weighted by Gasteiger charge is -2.24. The van der Waals surface area contributed by atoms with Gasteiger partial charge in [0.1, 0.15) is 6.10 Å². The third kappa shape index (κ3) is 44.4. The quantitative estimate of drug-likeness (QED) is 0.0322.